The molecule has 2 aromatic heterocycles. The van der Waals surface area contributed by atoms with Crippen LogP contribution in [0.2, 0.25) is 0 Å². The van der Waals surface area contributed by atoms with E-state index in [0.717, 1.165) is 12.6 Å². The van der Waals surface area contributed by atoms with Gasteiger partial charge in [0.15, 0.2) is 5.82 Å². The van der Waals surface area contributed by atoms with E-state index in [0.29, 0.717) is 60.8 Å². The van der Waals surface area contributed by atoms with E-state index in [1.807, 2.05) is 6.07 Å². The third-order valence-electron chi connectivity index (χ3n) is 8.32. The number of nitrogens with one attached hydrogen (secondary N) is 1. The highest BCUT2D eigenvalue weighted by atomic mass is 19.3. The summed E-state index contributed by atoms with van der Waals surface area (Å²) in [6, 6.07) is 9.71. The fraction of sp³-hybridized carbons (Fsp3) is 0.607. The highest BCUT2D eigenvalue weighted by molar-refractivity contribution is 5.78. The Kier molecular flexibility index (Phi) is 7.69. The minimum absolute atomic E-state index is 0.306. The Labute approximate surface area is 222 Å². The minimum Gasteiger partial charge on any atom is -0.378 e. The molecule has 0 radical (unpaired) electrons. The zero-order valence-corrected chi connectivity index (χ0v) is 21.9. The van der Waals surface area contributed by atoms with Crippen molar-refractivity contribution in [3.63, 3.8) is 0 Å². The summed E-state index contributed by atoms with van der Waals surface area (Å²) in [5.41, 5.74) is 1.13. The van der Waals surface area contributed by atoms with Gasteiger partial charge in [-0.05, 0) is 69.7 Å². The fourth-order valence-electron chi connectivity index (χ4n) is 6.24. The van der Waals surface area contributed by atoms with Gasteiger partial charge in [-0.2, -0.15) is 9.97 Å². The van der Waals surface area contributed by atoms with Gasteiger partial charge in [-0.1, -0.05) is 18.6 Å². The minimum atomic E-state index is -2.73. The van der Waals surface area contributed by atoms with Crippen LogP contribution in [0.4, 0.5) is 20.5 Å². The molecule has 0 atom stereocenters. The second-order valence-corrected chi connectivity index (χ2v) is 10.8. The Morgan fingerprint density at radius 3 is 2.39 bits per heavy atom. The molecule has 3 aromatic rings. The fourth-order valence-corrected chi connectivity index (χ4v) is 6.24. The Balaban J connectivity index is 1.24. The van der Waals surface area contributed by atoms with Crippen molar-refractivity contribution >= 4 is 22.8 Å². The van der Waals surface area contributed by atoms with E-state index in [1.54, 1.807) is 24.3 Å². The van der Waals surface area contributed by atoms with E-state index in [1.165, 1.54) is 62.6 Å². The molecule has 1 saturated carbocycles. The molecule has 2 saturated heterocycles. The molecule has 1 N–H and O–H groups in total. The Morgan fingerprint density at radius 1 is 0.895 bits per heavy atom. The lowest BCUT2D eigenvalue weighted by atomic mass is 9.84. The lowest BCUT2D eigenvalue weighted by Gasteiger charge is -2.39. The number of para-hydroxylation sites is 2. The average Bonchev–Trinajstić information content (AvgIpc) is 3.37. The number of morpholine rings is 1. The molecular formula is C28H37F2N7O. The molecular weight excluding hydrogens is 488 g/mol. The molecule has 0 bridgehead atoms. The summed E-state index contributed by atoms with van der Waals surface area (Å²) in [5, 5.41) is 3.47. The quantitative estimate of drug-likeness (QED) is 0.463. The van der Waals surface area contributed by atoms with E-state index in [9.17, 15) is 8.78 Å². The van der Waals surface area contributed by atoms with Crippen molar-refractivity contribution in [1.29, 1.82) is 0 Å². The van der Waals surface area contributed by atoms with Crippen LogP contribution in [-0.4, -0.2) is 76.4 Å². The number of halogens is 2. The molecule has 0 amide bonds. The van der Waals surface area contributed by atoms with E-state index in [2.05, 4.69) is 20.1 Å². The molecule has 8 nitrogen and oxygen atoms in total. The molecule has 2 aliphatic heterocycles. The summed E-state index contributed by atoms with van der Waals surface area (Å²) in [7, 11) is 0. The van der Waals surface area contributed by atoms with Crippen LogP contribution in [0.15, 0.2) is 30.3 Å². The lowest BCUT2D eigenvalue weighted by molar-refractivity contribution is 0.117. The van der Waals surface area contributed by atoms with Gasteiger partial charge in [0.1, 0.15) is 11.6 Å². The van der Waals surface area contributed by atoms with Gasteiger partial charge in [0.25, 0.3) is 6.43 Å². The molecule has 6 rings (SSSR count). The number of anilines is 2. The first kappa shape index (κ1) is 25.4. The van der Waals surface area contributed by atoms with Crippen LogP contribution >= 0.6 is 0 Å². The van der Waals surface area contributed by atoms with E-state index >= 15 is 0 Å². The summed E-state index contributed by atoms with van der Waals surface area (Å²) in [4.78, 5) is 18.6. The van der Waals surface area contributed by atoms with Crippen LogP contribution in [-0.2, 0) is 4.74 Å². The average molecular weight is 526 g/mol. The van der Waals surface area contributed by atoms with Crippen molar-refractivity contribution < 1.29 is 13.5 Å². The van der Waals surface area contributed by atoms with Gasteiger partial charge < -0.3 is 19.9 Å². The molecule has 10 heteroatoms. The third-order valence-corrected chi connectivity index (χ3v) is 8.32. The number of nitrogens with zero attached hydrogens (tertiary/aromatic N) is 6. The smallest absolute Gasteiger partial charge is 0.296 e. The zero-order chi connectivity index (χ0) is 25.9. The summed E-state index contributed by atoms with van der Waals surface area (Å²) in [6.45, 7) is 5.90. The number of hydrogen-bond donors (Lipinski definition) is 1. The number of hydrogen-bond acceptors (Lipinski definition) is 7. The van der Waals surface area contributed by atoms with Crippen molar-refractivity contribution in [2.24, 2.45) is 5.92 Å². The first-order chi connectivity index (χ1) is 18.7. The molecule has 1 aliphatic carbocycles. The number of alkyl halides is 2. The number of benzene rings is 1. The topological polar surface area (TPSA) is 71.3 Å². The highest BCUT2D eigenvalue weighted by Crippen LogP contribution is 2.31. The second-order valence-electron chi connectivity index (χ2n) is 10.8. The van der Waals surface area contributed by atoms with Crippen molar-refractivity contribution in [1.82, 2.24) is 24.4 Å². The van der Waals surface area contributed by atoms with Gasteiger partial charge in [0.05, 0.1) is 24.2 Å². The molecule has 3 aliphatic rings. The van der Waals surface area contributed by atoms with Crippen LogP contribution in [0.25, 0.3) is 16.9 Å². The maximum atomic E-state index is 14.1. The van der Waals surface area contributed by atoms with Gasteiger partial charge in [0, 0.05) is 31.7 Å². The summed E-state index contributed by atoms with van der Waals surface area (Å²) in [5.74, 6) is 1.84. The van der Waals surface area contributed by atoms with Crippen LogP contribution < -0.4 is 10.2 Å². The molecule has 204 valence electrons. The van der Waals surface area contributed by atoms with Crippen molar-refractivity contribution in [2.75, 3.05) is 56.2 Å². The van der Waals surface area contributed by atoms with Crippen LogP contribution in [0, 0.1) is 5.92 Å². The van der Waals surface area contributed by atoms with Crippen molar-refractivity contribution in [2.45, 2.75) is 57.4 Å². The molecule has 4 heterocycles. The molecule has 38 heavy (non-hydrogen) atoms. The monoisotopic (exact) mass is 525 g/mol. The van der Waals surface area contributed by atoms with Crippen LogP contribution in [0.3, 0.4) is 0 Å². The van der Waals surface area contributed by atoms with Crippen LogP contribution in [0.5, 0.6) is 0 Å². The van der Waals surface area contributed by atoms with E-state index in [4.69, 9.17) is 14.7 Å². The number of ether oxygens (including phenoxy) is 1. The third kappa shape index (κ3) is 5.47. The first-order valence-corrected chi connectivity index (χ1v) is 14.1. The van der Waals surface area contributed by atoms with Gasteiger partial charge >= 0.3 is 0 Å². The molecule has 1 aromatic carbocycles. The Bertz CT molecular complexity index is 1220. The summed E-state index contributed by atoms with van der Waals surface area (Å²) >= 11 is 0. The van der Waals surface area contributed by atoms with Gasteiger partial charge in [-0.25, -0.2) is 13.8 Å². The second kappa shape index (κ2) is 11.5. The normalized spacial score (nSPS) is 23.3. The highest BCUT2D eigenvalue weighted by Gasteiger charge is 2.27. The Hall–Kier alpha value is -2.85. The van der Waals surface area contributed by atoms with Gasteiger partial charge in [0.2, 0.25) is 5.95 Å². The predicted molar refractivity (Wildman–Crippen MR) is 144 cm³/mol. The maximum absolute atomic E-state index is 14.1. The standard InChI is InChI=1S/C28H37F2N7O/c29-26(30)27-32-22-6-2-3-7-23(22)37(27)25-18-24(36-14-16-38-17-15-36)33-28(34-25)31-19-20-8-10-21(11-9-20)35-12-4-1-5-13-35/h2-3,6-7,18,20-21,26H,1,4-5,8-17,19H2,(H,31,33,34). The maximum Gasteiger partial charge on any atom is 0.296 e. The van der Waals surface area contributed by atoms with E-state index in [-0.39, 0.29) is 5.82 Å². The number of fused-ring (bicyclic) bond motifs is 1. The van der Waals surface area contributed by atoms with E-state index < -0.39 is 6.43 Å². The predicted octanol–water partition coefficient (Wildman–Crippen LogP) is 5.05. The summed E-state index contributed by atoms with van der Waals surface area (Å²) in [6.07, 6.45) is 6.17. The van der Waals surface area contributed by atoms with Crippen molar-refractivity contribution in [3.8, 4) is 5.82 Å². The Morgan fingerprint density at radius 2 is 1.63 bits per heavy atom. The zero-order valence-electron chi connectivity index (χ0n) is 21.9. The first-order valence-electron chi connectivity index (χ1n) is 14.1. The number of rotatable bonds is 7. The molecule has 0 spiro atoms. The SMILES string of the molecule is FC(F)c1nc2ccccc2n1-c1cc(N2CCOCC2)nc(NCC2CCC(N3CCCCC3)CC2)n1. The molecule has 0 unspecified atom stereocenters. The van der Waals surface area contributed by atoms with Crippen molar-refractivity contribution in [3.05, 3.63) is 36.2 Å². The number of likely N-dealkylation sites (tertiary alicyclic amines) is 1. The van der Waals surface area contributed by atoms with Crippen LogP contribution in [0.1, 0.15) is 57.2 Å². The largest absolute Gasteiger partial charge is 0.378 e. The van der Waals surface area contributed by atoms with Gasteiger partial charge in [-0.3, -0.25) is 4.57 Å². The molecule has 3 fully saturated rings. The number of imidazole rings is 1. The van der Waals surface area contributed by atoms with Gasteiger partial charge in [-0.15, -0.1) is 0 Å². The number of aromatic nitrogens is 4. The number of piperidine rings is 1. The summed E-state index contributed by atoms with van der Waals surface area (Å²) < 4.78 is 35.2. The lowest BCUT2D eigenvalue weighted by Crippen LogP contribution is -2.41.